The summed E-state index contributed by atoms with van der Waals surface area (Å²) in [6.45, 7) is 2.64. The van der Waals surface area contributed by atoms with E-state index in [9.17, 15) is 14.4 Å². The minimum absolute atomic E-state index is 0.176. The monoisotopic (exact) mass is 542 g/mol. The van der Waals surface area contributed by atoms with Crippen molar-refractivity contribution in [3.05, 3.63) is 120 Å². The highest BCUT2D eigenvalue weighted by Crippen LogP contribution is 2.33. The quantitative estimate of drug-likeness (QED) is 0.184. The molecule has 0 unspecified atom stereocenters. The van der Waals surface area contributed by atoms with Crippen LogP contribution in [-0.4, -0.2) is 24.5 Å². The zero-order valence-electron chi connectivity index (χ0n) is 22.3. The number of barbiturate groups is 1. The lowest BCUT2D eigenvalue weighted by Crippen LogP contribution is -2.54. The van der Waals surface area contributed by atoms with Crippen LogP contribution in [0.5, 0.6) is 11.5 Å². The number of hydrogen-bond acceptors (Lipinski definition) is 5. The fourth-order valence-electron chi connectivity index (χ4n) is 5.02. The van der Waals surface area contributed by atoms with E-state index in [-0.39, 0.29) is 12.2 Å². The number of nitrogens with one attached hydrogen (secondary N) is 1. The van der Waals surface area contributed by atoms with Crippen molar-refractivity contribution in [2.24, 2.45) is 0 Å². The number of amides is 4. The van der Waals surface area contributed by atoms with Gasteiger partial charge in [-0.2, -0.15) is 0 Å². The van der Waals surface area contributed by atoms with Crippen molar-refractivity contribution in [2.45, 2.75) is 13.5 Å². The number of benzene rings is 5. The van der Waals surface area contributed by atoms with Gasteiger partial charge < -0.3 is 9.47 Å². The van der Waals surface area contributed by atoms with E-state index in [0.717, 1.165) is 32.0 Å². The molecular formula is C34H26N2O5. The molecule has 6 rings (SSSR count). The van der Waals surface area contributed by atoms with Gasteiger partial charge in [0, 0.05) is 5.56 Å². The zero-order valence-corrected chi connectivity index (χ0v) is 22.3. The Hall–Kier alpha value is -5.43. The van der Waals surface area contributed by atoms with Crippen LogP contribution < -0.4 is 19.7 Å². The predicted octanol–water partition coefficient (Wildman–Crippen LogP) is 6.64. The van der Waals surface area contributed by atoms with Crippen molar-refractivity contribution in [1.29, 1.82) is 0 Å². The molecular weight excluding hydrogens is 516 g/mol. The number of carbonyl (C=O) groups excluding carboxylic acids is 3. The second-order valence-corrected chi connectivity index (χ2v) is 9.51. The molecule has 1 saturated heterocycles. The van der Waals surface area contributed by atoms with Crippen molar-refractivity contribution in [1.82, 2.24) is 5.32 Å². The molecule has 7 heteroatoms. The first-order chi connectivity index (χ1) is 20.0. The van der Waals surface area contributed by atoms with Gasteiger partial charge in [0.1, 0.15) is 23.7 Å². The molecule has 0 radical (unpaired) electrons. The summed E-state index contributed by atoms with van der Waals surface area (Å²) in [7, 11) is 0. The van der Waals surface area contributed by atoms with Gasteiger partial charge in [0.25, 0.3) is 11.8 Å². The van der Waals surface area contributed by atoms with Gasteiger partial charge in [0.05, 0.1) is 12.3 Å². The summed E-state index contributed by atoms with van der Waals surface area (Å²) in [5, 5.41) is 6.22. The van der Waals surface area contributed by atoms with Gasteiger partial charge in [0.2, 0.25) is 0 Å². The lowest BCUT2D eigenvalue weighted by atomic mass is 9.99. The van der Waals surface area contributed by atoms with Gasteiger partial charge in [0.15, 0.2) is 0 Å². The smallest absolute Gasteiger partial charge is 0.335 e. The summed E-state index contributed by atoms with van der Waals surface area (Å²) in [6, 6.07) is 31.3. The van der Waals surface area contributed by atoms with Gasteiger partial charge in [-0.3, -0.25) is 14.9 Å². The predicted molar refractivity (Wildman–Crippen MR) is 159 cm³/mol. The first-order valence-corrected chi connectivity index (χ1v) is 13.3. The van der Waals surface area contributed by atoms with Crippen molar-refractivity contribution < 1.29 is 23.9 Å². The number of hydrogen-bond donors (Lipinski definition) is 1. The lowest BCUT2D eigenvalue weighted by Gasteiger charge is -2.26. The number of urea groups is 1. The molecule has 1 aliphatic heterocycles. The number of carbonyl (C=O) groups is 3. The van der Waals surface area contributed by atoms with Crippen LogP contribution in [0.4, 0.5) is 10.5 Å². The summed E-state index contributed by atoms with van der Waals surface area (Å²) in [4.78, 5) is 40.3. The molecule has 0 spiro atoms. The molecule has 0 aromatic heterocycles. The van der Waals surface area contributed by atoms with Crippen LogP contribution in [0.1, 0.15) is 18.1 Å². The summed E-state index contributed by atoms with van der Waals surface area (Å²) >= 11 is 0. The Morgan fingerprint density at radius 3 is 2.17 bits per heavy atom. The third-order valence-corrected chi connectivity index (χ3v) is 6.99. The average Bonchev–Trinajstić information content (AvgIpc) is 2.99. The second kappa shape index (κ2) is 11.0. The average molecular weight is 543 g/mol. The van der Waals surface area contributed by atoms with Crippen molar-refractivity contribution in [3.63, 3.8) is 0 Å². The standard InChI is InChI=1S/C34H26N2O5/c1-2-40-26-17-15-25(16-18-26)36-33(38)30(32(37)35-34(36)39)20-29-28-13-6-4-9-23(28)14-19-31(29)41-21-24-11-7-10-22-8-3-5-12-27(22)24/h3-20H,2,21H2,1H3,(H,35,37,39)/b30-20+. The maximum atomic E-state index is 13.6. The molecule has 5 aromatic rings. The van der Waals surface area contributed by atoms with Crippen LogP contribution in [0.25, 0.3) is 27.6 Å². The van der Waals surface area contributed by atoms with Crippen molar-refractivity contribution >= 4 is 51.2 Å². The maximum absolute atomic E-state index is 13.6. The van der Waals surface area contributed by atoms with E-state index < -0.39 is 17.8 Å². The Bertz CT molecular complexity index is 1840. The van der Waals surface area contributed by atoms with Gasteiger partial charge in [-0.05, 0) is 70.4 Å². The molecule has 4 amide bonds. The Kier molecular flexibility index (Phi) is 6.92. The Balaban J connectivity index is 1.40. The number of nitrogens with zero attached hydrogens (tertiary/aromatic N) is 1. The van der Waals surface area contributed by atoms with E-state index in [4.69, 9.17) is 9.47 Å². The summed E-state index contributed by atoms with van der Waals surface area (Å²) in [5.74, 6) is -0.378. The highest BCUT2D eigenvalue weighted by atomic mass is 16.5. The van der Waals surface area contributed by atoms with Crippen LogP contribution in [0, 0.1) is 0 Å². The third-order valence-electron chi connectivity index (χ3n) is 6.99. The minimum Gasteiger partial charge on any atom is -0.494 e. The number of anilines is 1. The minimum atomic E-state index is -0.813. The number of imide groups is 2. The molecule has 1 aliphatic rings. The fourth-order valence-corrected chi connectivity index (χ4v) is 5.02. The number of ether oxygens (including phenoxy) is 2. The zero-order chi connectivity index (χ0) is 28.3. The lowest BCUT2D eigenvalue weighted by molar-refractivity contribution is -0.122. The van der Waals surface area contributed by atoms with Crippen LogP contribution in [0.3, 0.4) is 0 Å². The normalized spacial score (nSPS) is 14.5. The summed E-state index contributed by atoms with van der Waals surface area (Å²) in [6.07, 6.45) is 1.51. The molecule has 7 nitrogen and oxygen atoms in total. The SMILES string of the molecule is CCOc1ccc(N2C(=O)NC(=O)/C(=C\c3c(OCc4cccc5ccccc45)ccc4ccccc34)C2=O)cc1. The molecule has 1 heterocycles. The molecule has 5 aromatic carbocycles. The largest absolute Gasteiger partial charge is 0.494 e. The van der Waals surface area contributed by atoms with Gasteiger partial charge in [-0.25, -0.2) is 9.69 Å². The maximum Gasteiger partial charge on any atom is 0.335 e. The summed E-state index contributed by atoms with van der Waals surface area (Å²) in [5.41, 5.74) is 1.72. The summed E-state index contributed by atoms with van der Waals surface area (Å²) < 4.78 is 11.8. The van der Waals surface area contributed by atoms with Crippen LogP contribution in [-0.2, 0) is 16.2 Å². The molecule has 0 atom stereocenters. The van der Waals surface area contributed by atoms with E-state index in [1.54, 1.807) is 24.3 Å². The second-order valence-electron chi connectivity index (χ2n) is 9.51. The first kappa shape index (κ1) is 25.8. The van der Waals surface area contributed by atoms with Gasteiger partial charge >= 0.3 is 6.03 Å². The Morgan fingerprint density at radius 2 is 1.41 bits per heavy atom. The molecule has 41 heavy (non-hydrogen) atoms. The number of rotatable bonds is 7. The molecule has 202 valence electrons. The van der Waals surface area contributed by atoms with E-state index >= 15 is 0 Å². The molecule has 1 N–H and O–H groups in total. The van der Waals surface area contributed by atoms with E-state index in [0.29, 0.717) is 29.4 Å². The molecule has 0 bridgehead atoms. The number of fused-ring (bicyclic) bond motifs is 2. The highest BCUT2D eigenvalue weighted by molar-refractivity contribution is 6.39. The third kappa shape index (κ3) is 5.01. The molecule has 0 saturated carbocycles. The van der Waals surface area contributed by atoms with Crippen LogP contribution >= 0.6 is 0 Å². The van der Waals surface area contributed by atoms with Gasteiger partial charge in [-0.1, -0.05) is 72.8 Å². The van der Waals surface area contributed by atoms with E-state index in [2.05, 4.69) is 23.5 Å². The fraction of sp³-hybridized carbons (Fsp3) is 0.0882. The first-order valence-electron chi connectivity index (χ1n) is 13.3. The van der Waals surface area contributed by atoms with Gasteiger partial charge in [-0.15, -0.1) is 0 Å². The van der Waals surface area contributed by atoms with E-state index in [1.807, 2.05) is 67.6 Å². The molecule has 0 aliphatic carbocycles. The highest BCUT2D eigenvalue weighted by Gasteiger charge is 2.37. The van der Waals surface area contributed by atoms with Crippen molar-refractivity contribution in [2.75, 3.05) is 11.5 Å². The Labute approximate surface area is 236 Å². The van der Waals surface area contributed by atoms with E-state index in [1.165, 1.54) is 6.08 Å². The van der Waals surface area contributed by atoms with Crippen LogP contribution in [0.15, 0.2) is 109 Å². The Morgan fingerprint density at radius 1 is 0.732 bits per heavy atom. The topological polar surface area (TPSA) is 84.9 Å². The molecule has 1 fully saturated rings. The van der Waals surface area contributed by atoms with Crippen LogP contribution in [0.2, 0.25) is 0 Å². The van der Waals surface area contributed by atoms with Crippen molar-refractivity contribution in [3.8, 4) is 11.5 Å².